The third-order valence-corrected chi connectivity index (χ3v) is 3.77. The van der Waals surface area contributed by atoms with Gasteiger partial charge in [-0.05, 0) is 50.2 Å². The lowest BCUT2D eigenvalue weighted by Crippen LogP contribution is -2.36. The van der Waals surface area contributed by atoms with E-state index in [-0.39, 0.29) is 11.8 Å². The third-order valence-electron chi connectivity index (χ3n) is 2.58. The molecular formula is C13H20N2O2S2. The van der Waals surface area contributed by atoms with Gasteiger partial charge in [0.2, 0.25) is 0 Å². The summed E-state index contributed by atoms with van der Waals surface area (Å²) in [7, 11) is -2.92. The second-order valence-electron chi connectivity index (χ2n) is 4.79. The van der Waals surface area contributed by atoms with Crippen molar-refractivity contribution >= 4 is 32.9 Å². The van der Waals surface area contributed by atoms with Crippen molar-refractivity contribution in [1.29, 1.82) is 0 Å². The van der Waals surface area contributed by atoms with Crippen molar-refractivity contribution in [2.45, 2.75) is 26.3 Å². The zero-order chi connectivity index (χ0) is 14.5. The summed E-state index contributed by atoms with van der Waals surface area (Å²) in [5.41, 5.74) is 2.07. The monoisotopic (exact) mass is 300 g/mol. The van der Waals surface area contributed by atoms with E-state index in [1.165, 1.54) is 6.26 Å². The molecule has 1 rings (SSSR count). The largest absolute Gasteiger partial charge is 0.360 e. The normalized spacial score (nSPS) is 12.8. The summed E-state index contributed by atoms with van der Waals surface area (Å²) in [6, 6.07) is 7.90. The second kappa shape index (κ2) is 6.86. The van der Waals surface area contributed by atoms with Crippen molar-refractivity contribution in [3.05, 3.63) is 29.8 Å². The molecule has 0 aliphatic heterocycles. The SMILES string of the molecule is Cc1cccc(NC(=S)N[C@H](C)CCS(C)(=O)=O)c1. The Labute approximate surface area is 120 Å². The molecule has 6 heteroatoms. The van der Waals surface area contributed by atoms with Crippen molar-refractivity contribution in [2.24, 2.45) is 0 Å². The van der Waals surface area contributed by atoms with Crippen LogP contribution in [0.25, 0.3) is 0 Å². The summed E-state index contributed by atoms with van der Waals surface area (Å²) >= 11 is 5.19. The number of hydrogen-bond donors (Lipinski definition) is 2. The van der Waals surface area contributed by atoms with Crippen molar-refractivity contribution in [2.75, 3.05) is 17.3 Å². The maximum atomic E-state index is 11.1. The molecule has 0 heterocycles. The first-order valence-corrected chi connectivity index (χ1v) is 8.55. The molecule has 0 saturated heterocycles. The zero-order valence-corrected chi connectivity index (χ0v) is 13.1. The Hall–Kier alpha value is -1.14. The summed E-state index contributed by atoms with van der Waals surface area (Å²) in [6.45, 7) is 3.92. The molecule has 0 fully saturated rings. The first-order chi connectivity index (χ1) is 8.76. The van der Waals surface area contributed by atoms with Crippen LogP contribution in [0, 0.1) is 6.92 Å². The van der Waals surface area contributed by atoms with Gasteiger partial charge in [-0.2, -0.15) is 0 Å². The Morgan fingerprint density at radius 1 is 1.42 bits per heavy atom. The van der Waals surface area contributed by atoms with Gasteiger partial charge >= 0.3 is 0 Å². The average Bonchev–Trinajstić information content (AvgIpc) is 2.25. The number of hydrogen-bond acceptors (Lipinski definition) is 3. The minimum Gasteiger partial charge on any atom is -0.360 e. The molecule has 106 valence electrons. The highest BCUT2D eigenvalue weighted by Crippen LogP contribution is 2.09. The topological polar surface area (TPSA) is 58.2 Å². The minimum atomic E-state index is -2.92. The molecule has 0 radical (unpaired) electrons. The van der Waals surface area contributed by atoms with Gasteiger partial charge in [0, 0.05) is 18.0 Å². The van der Waals surface area contributed by atoms with E-state index < -0.39 is 9.84 Å². The van der Waals surface area contributed by atoms with E-state index in [0.29, 0.717) is 11.5 Å². The van der Waals surface area contributed by atoms with Crippen LogP contribution in [0.2, 0.25) is 0 Å². The zero-order valence-electron chi connectivity index (χ0n) is 11.4. The summed E-state index contributed by atoms with van der Waals surface area (Å²) in [6.07, 6.45) is 1.78. The lowest BCUT2D eigenvalue weighted by atomic mass is 10.2. The predicted octanol–water partition coefficient (Wildman–Crippen LogP) is 2.10. The molecule has 2 N–H and O–H groups in total. The summed E-state index contributed by atoms with van der Waals surface area (Å²) in [4.78, 5) is 0. The van der Waals surface area contributed by atoms with Crippen LogP contribution in [0.15, 0.2) is 24.3 Å². The fourth-order valence-electron chi connectivity index (χ4n) is 1.58. The number of thiocarbonyl (C=S) groups is 1. The third kappa shape index (κ3) is 7.12. The molecule has 0 unspecified atom stereocenters. The van der Waals surface area contributed by atoms with Crippen molar-refractivity contribution in [3.8, 4) is 0 Å². The Morgan fingerprint density at radius 2 is 2.11 bits per heavy atom. The average molecular weight is 300 g/mol. The number of aryl methyl sites for hydroxylation is 1. The molecule has 0 spiro atoms. The quantitative estimate of drug-likeness (QED) is 0.816. The Kier molecular flexibility index (Phi) is 5.75. The molecule has 4 nitrogen and oxygen atoms in total. The standard InChI is InChI=1S/C13H20N2O2S2/c1-10-5-4-6-12(9-10)15-13(18)14-11(2)7-8-19(3,16)17/h4-6,9,11H,7-8H2,1-3H3,(H2,14,15,18)/t11-/m1/s1. The molecule has 0 aliphatic carbocycles. The molecule has 1 aromatic rings. The number of sulfone groups is 1. The second-order valence-corrected chi connectivity index (χ2v) is 7.46. The Morgan fingerprint density at radius 3 is 2.68 bits per heavy atom. The van der Waals surface area contributed by atoms with Gasteiger partial charge in [0.25, 0.3) is 0 Å². The predicted molar refractivity (Wildman–Crippen MR) is 84.3 cm³/mol. The number of benzene rings is 1. The van der Waals surface area contributed by atoms with Gasteiger partial charge in [0.05, 0.1) is 5.75 Å². The number of anilines is 1. The van der Waals surface area contributed by atoms with E-state index in [1.54, 1.807) is 0 Å². The molecular weight excluding hydrogens is 280 g/mol. The highest BCUT2D eigenvalue weighted by Gasteiger charge is 2.08. The fraction of sp³-hybridized carbons (Fsp3) is 0.462. The van der Waals surface area contributed by atoms with E-state index >= 15 is 0 Å². The van der Waals surface area contributed by atoms with Gasteiger partial charge in [-0.15, -0.1) is 0 Å². The minimum absolute atomic E-state index is 0.0135. The van der Waals surface area contributed by atoms with Gasteiger partial charge < -0.3 is 10.6 Å². The Bertz CT molecular complexity index is 541. The van der Waals surface area contributed by atoms with E-state index in [2.05, 4.69) is 10.6 Å². The Balaban J connectivity index is 2.43. The van der Waals surface area contributed by atoms with E-state index in [0.717, 1.165) is 11.3 Å². The van der Waals surface area contributed by atoms with Gasteiger partial charge in [-0.1, -0.05) is 12.1 Å². The molecule has 0 bridgehead atoms. The molecule has 0 aromatic heterocycles. The van der Waals surface area contributed by atoms with Crippen LogP contribution in [0.4, 0.5) is 5.69 Å². The van der Waals surface area contributed by atoms with Crippen molar-refractivity contribution in [3.63, 3.8) is 0 Å². The lowest BCUT2D eigenvalue weighted by Gasteiger charge is -2.16. The fourth-order valence-corrected chi connectivity index (χ4v) is 2.68. The summed E-state index contributed by atoms with van der Waals surface area (Å²) in [5.74, 6) is 0.161. The maximum Gasteiger partial charge on any atom is 0.170 e. The van der Waals surface area contributed by atoms with Crippen molar-refractivity contribution in [1.82, 2.24) is 5.32 Å². The molecule has 1 atom stereocenters. The van der Waals surface area contributed by atoms with Crippen molar-refractivity contribution < 1.29 is 8.42 Å². The molecule has 1 aromatic carbocycles. The van der Waals surface area contributed by atoms with Crippen LogP contribution in [-0.4, -0.2) is 31.6 Å². The van der Waals surface area contributed by atoms with Gasteiger partial charge in [-0.3, -0.25) is 0 Å². The lowest BCUT2D eigenvalue weighted by molar-refractivity contribution is 0.585. The van der Waals surface area contributed by atoms with Crippen LogP contribution in [0.5, 0.6) is 0 Å². The van der Waals surface area contributed by atoms with Crippen LogP contribution < -0.4 is 10.6 Å². The first kappa shape index (κ1) is 15.9. The van der Waals surface area contributed by atoms with Crippen LogP contribution in [-0.2, 0) is 9.84 Å². The van der Waals surface area contributed by atoms with Gasteiger partial charge in [0.15, 0.2) is 5.11 Å². The van der Waals surface area contributed by atoms with E-state index in [1.807, 2.05) is 38.1 Å². The highest BCUT2D eigenvalue weighted by atomic mass is 32.2. The highest BCUT2D eigenvalue weighted by molar-refractivity contribution is 7.90. The first-order valence-electron chi connectivity index (χ1n) is 6.08. The van der Waals surface area contributed by atoms with Crippen LogP contribution in [0.1, 0.15) is 18.9 Å². The molecule has 0 aliphatic rings. The van der Waals surface area contributed by atoms with E-state index in [9.17, 15) is 8.42 Å². The summed E-state index contributed by atoms with van der Waals surface area (Å²) < 4.78 is 22.1. The van der Waals surface area contributed by atoms with Gasteiger partial charge in [-0.25, -0.2) is 8.42 Å². The molecule has 0 saturated carbocycles. The van der Waals surface area contributed by atoms with Gasteiger partial charge in [0.1, 0.15) is 9.84 Å². The van der Waals surface area contributed by atoms with Crippen LogP contribution in [0.3, 0.4) is 0 Å². The number of nitrogens with one attached hydrogen (secondary N) is 2. The smallest absolute Gasteiger partial charge is 0.170 e. The van der Waals surface area contributed by atoms with E-state index in [4.69, 9.17) is 12.2 Å². The summed E-state index contributed by atoms with van der Waals surface area (Å²) in [5, 5.41) is 6.66. The maximum absolute atomic E-state index is 11.1. The number of rotatable bonds is 5. The van der Waals surface area contributed by atoms with Crippen LogP contribution >= 0.6 is 12.2 Å². The molecule has 0 amide bonds. The molecule has 19 heavy (non-hydrogen) atoms.